The predicted molar refractivity (Wildman–Crippen MR) is 132 cm³/mol. The number of carbonyl (C=O) groups excluding carboxylic acids is 2. The smallest absolute Gasteiger partial charge is 0.407 e. The van der Waals surface area contributed by atoms with Crippen molar-refractivity contribution >= 4 is 18.0 Å². The van der Waals surface area contributed by atoms with E-state index in [1.807, 2.05) is 38.1 Å². The minimum atomic E-state index is -1.19. The maximum Gasteiger partial charge on any atom is 0.407 e. The highest BCUT2D eigenvalue weighted by Gasteiger charge is 2.29. The second kappa shape index (κ2) is 12.4. The fraction of sp³-hybridized carbons (Fsp3) is 0.444. The average Bonchev–Trinajstić information content (AvgIpc) is 3.14. The Morgan fingerprint density at radius 3 is 2.14 bits per heavy atom. The van der Waals surface area contributed by atoms with Crippen molar-refractivity contribution in [2.45, 2.75) is 45.1 Å². The molecule has 8 heteroatoms. The Morgan fingerprint density at radius 2 is 1.60 bits per heavy atom. The fourth-order valence-electron chi connectivity index (χ4n) is 4.68. The van der Waals surface area contributed by atoms with Gasteiger partial charge in [-0.05, 0) is 40.5 Å². The van der Waals surface area contributed by atoms with Crippen molar-refractivity contribution in [3.05, 3.63) is 59.7 Å². The van der Waals surface area contributed by atoms with Crippen LogP contribution in [0.25, 0.3) is 11.1 Å². The standard InChI is InChI=1S/C27H34N2O6/c1-17(2)13-18(14-25(31)29-24(11-12-30)26(32)33)15-28-27(34)35-16-23-21-9-5-3-7-19(21)20-8-4-6-10-22(20)23/h3-10,17-18,23-24,30H,11-16H2,1-2H3,(H,28,34)(H,29,31)(H,32,33)/t18-,24+/m0/s1. The number of nitrogens with one attached hydrogen (secondary N) is 2. The van der Waals surface area contributed by atoms with Crippen LogP contribution >= 0.6 is 0 Å². The maximum atomic E-state index is 12.5. The Kier molecular flexibility index (Phi) is 9.25. The van der Waals surface area contributed by atoms with E-state index in [1.54, 1.807) is 0 Å². The zero-order valence-corrected chi connectivity index (χ0v) is 20.2. The third kappa shape index (κ3) is 7.05. The van der Waals surface area contributed by atoms with E-state index in [0.717, 1.165) is 22.3 Å². The third-order valence-electron chi connectivity index (χ3n) is 6.21. The summed E-state index contributed by atoms with van der Waals surface area (Å²) in [6.45, 7) is 4.14. The summed E-state index contributed by atoms with van der Waals surface area (Å²) < 4.78 is 5.57. The van der Waals surface area contributed by atoms with E-state index in [-0.39, 0.29) is 50.4 Å². The monoisotopic (exact) mass is 482 g/mol. The topological polar surface area (TPSA) is 125 Å². The SMILES string of the molecule is CC(C)C[C@H](CNC(=O)OCC1c2ccccc2-c2ccccc21)CC(=O)N[C@H](CCO)C(=O)O. The molecule has 0 saturated heterocycles. The first-order valence-corrected chi connectivity index (χ1v) is 12.0. The van der Waals surface area contributed by atoms with Crippen LogP contribution in [0.1, 0.15) is 50.2 Å². The molecule has 2 atom stereocenters. The van der Waals surface area contributed by atoms with Gasteiger partial charge in [0.2, 0.25) is 5.91 Å². The molecule has 188 valence electrons. The lowest BCUT2D eigenvalue weighted by molar-refractivity contribution is -0.142. The summed E-state index contributed by atoms with van der Waals surface area (Å²) in [5, 5.41) is 23.4. The number of amides is 2. The van der Waals surface area contributed by atoms with Gasteiger partial charge in [-0.2, -0.15) is 0 Å². The average molecular weight is 483 g/mol. The van der Waals surface area contributed by atoms with Gasteiger partial charge in [-0.25, -0.2) is 9.59 Å². The summed E-state index contributed by atoms with van der Waals surface area (Å²) in [7, 11) is 0. The predicted octanol–water partition coefficient (Wildman–Crippen LogP) is 3.53. The van der Waals surface area contributed by atoms with Crippen molar-refractivity contribution in [3.8, 4) is 11.1 Å². The van der Waals surface area contributed by atoms with E-state index >= 15 is 0 Å². The molecule has 2 amide bonds. The molecule has 1 aliphatic rings. The number of rotatable bonds is 12. The molecule has 2 aromatic carbocycles. The molecule has 0 radical (unpaired) electrons. The number of carbonyl (C=O) groups is 3. The molecule has 0 bridgehead atoms. The number of benzene rings is 2. The van der Waals surface area contributed by atoms with Gasteiger partial charge in [-0.15, -0.1) is 0 Å². The highest BCUT2D eigenvalue weighted by molar-refractivity contribution is 5.83. The van der Waals surface area contributed by atoms with Gasteiger partial charge in [0.25, 0.3) is 0 Å². The van der Waals surface area contributed by atoms with Gasteiger partial charge >= 0.3 is 12.1 Å². The molecule has 0 fully saturated rings. The van der Waals surface area contributed by atoms with Gasteiger partial charge in [0.15, 0.2) is 0 Å². The van der Waals surface area contributed by atoms with Crippen molar-refractivity contribution < 1.29 is 29.3 Å². The van der Waals surface area contributed by atoms with Crippen molar-refractivity contribution in [3.63, 3.8) is 0 Å². The number of alkyl carbamates (subject to hydrolysis) is 1. The van der Waals surface area contributed by atoms with Gasteiger partial charge in [-0.3, -0.25) is 4.79 Å². The molecule has 8 nitrogen and oxygen atoms in total. The van der Waals surface area contributed by atoms with Crippen molar-refractivity contribution in [1.29, 1.82) is 0 Å². The first-order valence-electron chi connectivity index (χ1n) is 12.0. The molecule has 0 saturated carbocycles. The zero-order chi connectivity index (χ0) is 25.4. The van der Waals surface area contributed by atoms with Gasteiger partial charge < -0.3 is 25.6 Å². The molecule has 1 aliphatic carbocycles. The van der Waals surface area contributed by atoms with Gasteiger partial charge in [-0.1, -0.05) is 62.4 Å². The van der Waals surface area contributed by atoms with E-state index in [9.17, 15) is 19.5 Å². The minimum Gasteiger partial charge on any atom is -0.480 e. The maximum absolute atomic E-state index is 12.5. The summed E-state index contributed by atoms with van der Waals surface area (Å²) in [6, 6.07) is 15.1. The first kappa shape index (κ1) is 26.2. The number of fused-ring (bicyclic) bond motifs is 3. The second-order valence-electron chi connectivity index (χ2n) is 9.38. The van der Waals surface area contributed by atoms with Crippen LogP contribution in [0.2, 0.25) is 0 Å². The lowest BCUT2D eigenvalue weighted by atomic mass is 9.93. The van der Waals surface area contributed by atoms with Gasteiger partial charge in [0.1, 0.15) is 12.6 Å². The molecular weight excluding hydrogens is 448 g/mol. The van der Waals surface area contributed by atoms with Gasteiger partial charge in [0, 0.05) is 31.9 Å². The minimum absolute atomic E-state index is 0.0372. The summed E-state index contributed by atoms with van der Waals surface area (Å²) in [5.41, 5.74) is 4.57. The first-order chi connectivity index (χ1) is 16.8. The molecule has 3 rings (SSSR count). The van der Waals surface area contributed by atoms with Crippen molar-refractivity contribution in [2.24, 2.45) is 11.8 Å². The lowest BCUT2D eigenvalue weighted by Gasteiger charge is -2.21. The van der Waals surface area contributed by atoms with E-state index < -0.39 is 24.0 Å². The summed E-state index contributed by atoms with van der Waals surface area (Å²) >= 11 is 0. The van der Waals surface area contributed by atoms with Crippen LogP contribution in [0.15, 0.2) is 48.5 Å². The molecule has 0 aromatic heterocycles. The molecule has 0 aliphatic heterocycles. The van der Waals surface area contributed by atoms with E-state index in [4.69, 9.17) is 9.84 Å². The van der Waals surface area contributed by atoms with Crippen LogP contribution in [-0.4, -0.2) is 54.0 Å². The number of aliphatic carboxylic acids is 1. The fourth-order valence-corrected chi connectivity index (χ4v) is 4.68. The molecule has 4 N–H and O–H groups in total. The zero-order valence-electron chi connectivity index (χ0n) is 20.2. The van der Waals surface area contributed by atoms with E-state index in [1.165, 1.54) is 0 Å². The number of hydrogen-bond acceptors (Lipinski definition) is 5. The molecule has 0 spiro atoms. The van der Waals surface area contributed by atoms with E-state index in [0.29, 0.717) is 6.42 Å². The normalized spacial score (nSPS) is 14.1. The van der Waals surface area contributed by atoms with Crippen LogP contribution in [0.3, 0.4) is 0 Å². The third-order valence-corrected chi connectivity index (χ3v) is 6.21. The number of hydrogen-bond donors (Lipinski definition) is 4. The Bertz CT molecular complexity index is 992. The number of carboxylic acid groups (broad SMARTS) is 1. The quantitative estimate of drug-likeness (QED) is 0.367. The van der Waals surface area contributed by atoms with Crippen LogP contribution in [0, 0.1) is 11.8 Å². The Labute approximate surface area is 205 Å². The van der Waals surface area contributed by atoms with Crippen LogP contribution < -0.4 is 10.6 Å². The number of ether oxygens (including phenoxy) is 1. The van der Waals surface area contributed by atoms with E-state index in [2.05, 4.69) is 34.9 Å². The molecule has 2 aromatic rings. The molecule has 35 heavy (non-hydrogen) atoms. The highest BCUT2D eigenvalue weighted by Crippen LogP contribution is 2.44. The van der Waals surface area contributed by atoms with Crippen LogP contribution in [0.4, 0.5) is 4.79 Å². The summed E-state index contributed by atoms with van der Waals surface area (Å²) in [6.07, 6.45) is 0.129. The highest BCUT2D eigenvalue weighted by atomic mass is 16.5. The summed E-state index contributed by atoms with van der Waals surface area (Å²) in [4.78, 5) is 36.2. The molecular formula is C27H34N2O6. The lowest BCUT2D eigenvalue weighted by Crippen LogP contribution is -2.43. The largest absolute Gasteiger partial charge is 0.480 e. The number of aliphatic hydroxyl groups is 1. The summed E-state index contributed by atoms with van der Waals surface area (Å²) in [5.74, 6) is -1.55. The van der Waals surface area contributed by atoms with Gasteiger partial charge in [0.05, 0.1) is 0 Å². The van der Waals surface area contributed by atoms with Crippen molar-refractivity contribution in [1.82, 2.24) is 10.6 Å². The van der Waals surface area contributed by atoms with Crippen LogP contribution in [0.5, 0.6) is 0 Å². The Balaban J connectivity index is 1.55. The Hall–Kier alpha value is -3.39. The Morgan fingerprint density at radius 1 is 1.00 bits per heavy atom. The van der Waals surface area contributed by atoms with Crippen molar-refractivity contribution in [2.75, 3.05) is 19.8 Å². The van der Waals surface area contributed by atoms with Crippen LogP contribution in [-0.2, 0) is 14.3 Å². The molecule has 0 heterocycles. The number of carboxylic acids is 1. The second-order valence-corrected chi connectivity index (χ2v) is 9.38. The number of aliphatic hydroxyl groups excluding tert-OH is 1. The molecule has 0 unspecified atom stereocenters.